The largest absolute Gasteiger partial charge is 0.356 e. The van der Waals surface area contributed by atoms with Gasteiger partial charge in [-0.25, -0.2) is 4.99 Å². The molecular weight excluding hydrogens is 448 g/mol. The van der Waals surface area contributed by atoms with Crippen molar-refractivity contribution < 1.29 is 9.59 Å². The maximum atomic E-state index is 12.4. The molecule has 0 aromatic heterocycles. The zero-order valence-electron chi connectivity index (χ0n) is 21.9. The van der Waals surface area contributed by atoms with Gasteiger partial charge in [-0.3, -0.25) is 9.59 Å². The van der Waals surface area contributed by atoms with E-state index in [-0.39, 0.29) is 24.7 Å². The van der Waals surface area contributed by atoms with Crippen LogP contribution >= 0.6 is 0 Å². The van der Waals surface area contributed by atoms with Gasteiger partial charge in [-0.2, -0.15) is 0 Å². The van der Waals surface area contributed by atoms with E-state index in [0.29, 0.717) is 18.8 Å². The van der Waals surface area contributed by atoms with Gasteiger partial charge in [-0.1, -0.05) is 44.7 Å². The van der Waals surface area contributed by atoms with Gasteiger partial charge in [0.15, 0.2) is 0 Å². The number of allylic oxidation sites excluding steroid dienone is 1. The average molecular weight is 489 g/mol. The van der Waals surface area contributed by atoms with Gasteiger partial charge in [0.05, 0.1) is 5.70 Å². The Morgan fingerprint density at radius 1 is 1.17 bits per heavy atom. The predicted octanol–water partition coefficient (Wildman–Crippen LogP) is 4.57. The number of carbonyl (C=O) groups is 2. The number of aryl methyl sites for hydroxylation is 1. The van der Waals surface area contributed by atoms with Crippen LogP contribution in [-0.4, -0.2) is 48.7 Å². The highest BCUT2D eigenvalue weighted by atomic mass is 16.2. The van der Waals surface area contributed by atoms with Crippen LogP contribution in [-0.2, 0) is 22.4 Å². The lowest BCUT2D eigenvalue weighted by Gasteiger charge is -2.30. The van der Waals surface area contributed by atoms with Crippen molar-refractivity contribution in [3.63, 3.8) is 0 Å². The van der Waals surface area contributed by atoms with Gasteiger partial charge < -0.3 is 15.5 Å². The first kappa shape index (κ1) is 26.1. The molecular formula is C30H40N4O2. The van der Waals surface area contributed by atoms with Gasteiger partial charge in [0.2, 0.25) is 11.8 Å². The van der Waals surface area contributed by atoms with Crippen LogP contribution in [0.25, 0.3) is 6.08 Å². The van der Waals surface area contributed by atoms with Crippen molar-refractivity contribution in [1.29, 1.82) is 0 Å². The van der Waals surface area contributed by atoms with Gasteiger partial charge in [-0.15, -0.1) is 0 Å². The van der Waals surface area contributed by atoms with E-state index in [1.165, 1.54) is 29.5 Å². The van der Waals surface area contributed by atoms with Crippen LogP contribution in [0.3, 0.4) is 0 Å². The van der Waals surface area contributed by atoms with E-state index in [4.69, 9.17) is 0 Å². The van der Waals surface area contributed by atoms with E-state index >= 15 is 0 Å². The van der Waals surface area contributed by atoms with Crippen molar-refractivity contribution in [1.82, 2.24) is 15.5 Å². The number of likely N-dealkylation sites (tertiary alicyclic amines) is 1. The first-order valence-corrected chi connectivity index (χ1v) is 13.5. The van der Waals surface area contributed by atoms with Crippen molar-refractivity contribution in [2.75, 3.05) is 26.2 Å². The minimum Gasteiger partial charge on any atom is -0.356 e. The summed E-state index contributed by atoms with van der Waals surface area (Å²) in [5, 5.41) is 5.83. The van der Waals surface area contributed by atoms with Crippen LogP contribution in [0.2, 0.25) is 0 Å². The molecule has 0 bridgehead atoms. The summed E-state index contributed by atoms with van der Waals surface area (Å²) in [6, 6.07) is 6.42. The van der Waals surface area contributed by atoms with Crippen molar-refractivity contribution in [3.05, 3.63) is 64.4 Å². The molecule has 6 heteroatoms. The second-order valence-electron chi connectivity index (χ2n) is 10.3. The quantitative estimate of drug-likeness (QED) is 0.500. The summed E-state index contributed by atoms with van der Waals surface area (Å²) in [5.41, 5.74) is 6.90. The third-order valence-corrected chi connectivity index (χ3v) is 7.49. The van der Waals surface area contributed by atoms with E-state index in [2.05, 4.69) is 65.2 Å². The lowest BCUT2D eigenvalue weighted by molar-refractivity contribution is -0.125. The minimum absolute atomic E-state index is 0.0710. The molecule has 36 heavy (non-hydrogen) atoms. The number of carbonyl (C=O) groups excluding carboxylic acids is 2. The summed E-state index contributed by atoms with van der Waals surface area (Å²) in [4.78, 5) is 31.7. The number of aliphatic imine (C=N–C) groups is 1. The van der Waals surface area contributed by atoms with Gasteiger partial charge in [0.25, 0.3) is 0 Å². The molecule has 2 amide bonds. The molecule has 2 N–H and O–H groups in total. The molecule has 1 fully saturated rings. The monoisotopic (exact) mass is 488 g/mol. The number of benzene rings is 1. The van der Waals surface area contributed by atoms with Gasteiger partial charge >= 0.3 is 0 Å². The van der Waals surface area contributed by atoms with Crippen LogP contribution < -0.4 is 10.6 Å². The first-order chi connectivity index (χ1) is 17.4. The standard InChI is InChI=1S/C30H40N4O2/c1-4-23-7-5-8-24-20-25(22(3)19-26(23)24)27-9-10-28(32-27)33-30(36)12-11-29(35)31-15-6-16-34-17-13-21(2)14-18-34/h5,7-9,20-21H,3-4,6,10-19H2,1-2H3,(H,31,35)(H,32,33,36). The third kappa shape index (κ3) is 6.82. The molecule has 1 aromatic carbocycles. The number of nitrogens with zero attached hydrogens (tertiary/aromatic N) is 2. The molecule has 2 heterocycles. The van der Waals surface area contributed by atoms with E-state index in [1.807, 2.05) is 6.08 Å². The molecule has 0 saturated carbocycles. The summed E-state index contributed by atoms with van der Waals surface area (Å²) in [7, 11) is 0. The van der Waals surface area contributed by atoms with Crippen molar-refractivity contribution in [3.8, 4) is 0 Å². The highest BCUT2D eigenvalue weighted by molar-refractivity contribution is 6.01. The SMILES string of the molecule is C=C1Cc2c(cccc2CC)C=C1C1=CCC(NC(=O)CCC(=O)NCCCN2CCC(C)CC2)=N1. The number of hydrogen-bond donors (Lipinski definition) is 2. The van der Waals surface area contributed by atoms with E-state index < -0.39 is 0 Å². The molecule has 0 atom stereocenters. The third-order valence-electron chi connectivity index (χ3n) is 7.49. The Labute approximate surface area is 215 Å². The predicted molar refractivity (Wildman–Crippen MR) is 147 cm³/mol. The number of rotatable bonds is 9. The molecule has 0 unspecified atom stereocenters. The molecule has 4 rings (SSSR count). The maximum Gasteiger partial charge on any atom is 0.225 e. The Morgan fingerprint density at radius 2 is 1.94 bits per heavy atom. The molecule has 6 nitrogen and oxygen atoms in total. The second kappa shape index (κ2) is 12.3. The van der Waals surface area contributed by atoms with Crippen molar-refractivity contribution >= 4 is 23.7 Å². The molecule has 1 saturated heterocycles. The van der Waals surface area contributed by atoms with Crippen molar-refractivity contribution in [2.45, 2.75) is 65.2 Å². The molecule has 1 aliphatic carbocycles. The number of piperidine rings is 1. The summed E-state index contributed by atoms with van der Waals surface area (Å²) in [6.45, 7) is 12.8. The summed E-state index contributed by atoms with van der Waals surface area (Å²) in [6.07, 6.45) is 10.4. The number of nitrogens with one attached hydrogen (secondary N) is 2. The topological polar surface area (TPSA) is 73.8 Å². The Kier molecular flexibility index (Phi) is 8.92. The van der Waals surface area contributed by atoms with Gasteiger partial charge in [0, 0.05) is 31.4 Å². The van der Waals surface area contributed by atoms with Crippen LogP contribution in [0.4, 0.5) is 0 Å². The Hall–Kier alpha value is -2.99. The summed E-state index contributed by atoms with van der Waals surface area (Å²) >= 11 is 0. The zero-order valence-corrected chi connectivity index (χ0v) is 21.9. The van der Waals surface area contributed by atoms with Crippen LogP contribution in [0.1, 0.15) is 69.1 Å². The molecule has 0 radical (unpaired) electrons. The zero-order chi connectivity index (χ0) is 25.5. The first-order valence-electron chi connectivity index (χ1n) is 13.5. The van der Waals surface area contributed by atoms with Gasteiger partial charge in [0.1, 0.15) is 5.84 Å². The molecule has 192 valence electrons. The fraction of sp³-hybridized carbons (Fsp3) is 0.500. The van der Waals surface area contributed by atoms with E-state index in [9.17, 15) is 9.59 Å². The maximum absolute atomic E-state index is 12.4. The Morgan fingerprint density at radius 3 is 2.72 bits per heavy atom. The van der Waals surface area contributed by atoms with Crippen LogP contribution in [0.5, 0.6) is 0 Å². The van der Waals surface area contributed by atoms with Gasteiger partial charge in [-0.05, 0) is 86.0 Å². The lowest BCUT2D eigenvalue weighted by atomic mass is 9.84. The Bertz CT molecular complexity index is 1090. The molecule has 2 aliphatic heterocycles. The number of hydrogen-bond acceptors (Lipinski definition) is 4. The smallest absolute Gasteiger partial charge is 0.225 e. The fourth-order valence-corrected chi connectivity index (χ4v) is 5.19. The highest BCUT2D eigenvalue weighted by Crippen LogP contribution is 2.35. The molecule has 0 spiro atoms. The number of fused-ring (bicyclic) bond motifs is 1. The van der Waals surface area contributed by atoms with Crippen LogP contribution in [0.15, 0.2) is 52.7 Å². The fourth-order valence-electron chi connectivity index (χ4n) is 5.19. The normalized spacial score (nSPS) is 18.3. The highest BCUT2D eigenvalue weighted by Gasteiger charge is 2.22. The van der Waals surface area contributed by atoms with Crippen LogP contribution in [0, 0.1) is 5.92 Å². The molecule has 3 aliphatic rings. The van der Waals surface area contributed by atoms with E-state index in [0.717, 1.165) is 61.7 Å². The molecule has 1 aromatic rings. The Balaban J connectivity index is 1.19. The number of amidine groups is 1. The van der Waals surface area contributed by atoms with Crippen molar-refractivity contribution in [2.24, 2.45) is 10.9 Å². The summed E-state index contributed by atoms with van der Waals surface area (Å²) < 4.78 is 0. The summed E-state index contributed by atoms with van der Waals surface area (Å²) in [5.74, 6) is 1.22. The average Bonchev–Trinajstić information content (AvgIpc) is 3.33. The minimum atomic E-state index is -0.171. The number of amides is 2. The lowest BCUT2D eigenvalue weighted by Crippen LogP contribution is -2.35. The van der Waals surface area contributed by atoms with E-state index in [1.54, 1.807) is 0 Å². The second-order valence-corrected chi connectivity index (χ2v) is 10.3.